The van der Waals surface area contributed by atoms with Gasteiger partial charge in [-0.15, -0.1) is 0 Å². The number of ketones is 1. The van der Waals surface area contributed by atoms with Gasteiger partial charge in [-0.25, -0.2) is 4.39 Å². The molecule has 4 aliphatic carbocycles. The number of hydrogen-bond acceptors (Lipinski definition) is 2. The largest absolute Gasteiger partial charge is 0.393 e. The van der Waals surface area contributed by atoms with Crippen LogP contribution in [-0.2, 0) is 4.79 Å². The van der Waals surface area contributed by atoms with E-state index in [9.17, 15) is 14.3 Å². The third-order valence-corrected chi connectivity index (χ3v) is 8.91. The highest BCUT2D eigenvalue weighted by Gasteiger charge is 2.59. The Hall–Kier alpha value is -1.74. The molecule has 3 saturated carbocycles. The van der Waals surface area contributed by atoms with E-state index in [-0.39, 0.29) is 28.5 Å². The lowest BCUT2D eigenvalue weighted by Crippen LogP contribution is -2.50. The molecule has 1 aromatic carbocycles. The zero-order valence-corrected chi connectivity index (χ0v) is 17.5. The number of benzene rings is 1. The zero-order valence-electron chi connectivity index (χ0n) is 17.5. The smallest absolute Gasteiger partial charge is 0.165 e. The minimum atomic E-state index is -0.282. The molecule has 6 atom stereocenters. The Morgan fingerprint density at radius 1 is 1.10 bits per heavy atom. The maximum atomic E-state index is 13.6. The van der Waals surface area contributed by atoms with Crippen molar-refractivity contribution in [2.75, 3.05) is 0 Å². The van der Waals surface area contributed by atoms with Gasteiger partial charge in [-0.05, 0) is 97.5 Å². The van der Waals surface area contributed by atoms with Crippen molar-refractivity contribution in [3.63, 3.8) is 0 Å². The van der Waals surface area contributed by atoms with Crippen LogP contribution in [0.2, 0.25) is 0 Å². The lowest BCUT2D eigenvalue weighted by atomic mass is 9.48. The van der Waals surface area contributed by atoms with Crippen molar-refractivity contribution in [1.29, 1.82) is 0 Å². The second kappa shape index (κ2) is 6.63. The molecule has 29 heavy (non-hydrogen) atoms. The van der Waals surface area contributed by atoms with Crippen LogP contribution in [0.3, 0.4) is 0 Å². The Morgan fingerprint density at radius 3 is 2.69 bits per heavy atom. The van der Waals surface area contributed by atoms with Crippen molar-refractivity contribution in [2.24, 2.45) is 28.6 Å². The van der Waals surface area contributed by atoms with Crippen LogP contribution in [0.4, 0.5) is 4.39 Å². The fourth-order valence-corrected chi connectivity index (χ4v) is 7.24. The summed E-state index contributed by atoms with van der Waals surface area (Å²) >= 11 is 0. The number of Topliss-reactive ketones (excluding diaryl/α,β-unsaturated/α-hetero) is 1. The van der Waals surface area contributed by atoms with Crippen LogP contribution in [0.25, 0.3) is 6.08 Å². The Balaban J connectivity index is 1.48. The van der Waals surface area contributed by atoms with Gasteiger partial charge in [0.25, 0.3) is 0 Å². The van der Waals surface area contributed by atoms with Crippen molar-refractivity contribution < 1.29 is 14.3 Å². The monoisotopic (exact) mass is 394 g/mol. The summed E-state index contributed by atoms with van der Waals surface area (Å²) in [6, 6.07) is 6.54. The van der Waals surface area contributed by atoms with Crippen LogP contribution in [0, 0.1) is 34.4 Å². The molecule has 0 bridgehead atoms. The highest BCUT2D eigenvalue weighted by Crippen LogP contribution is 2.64. The fourth-order valence-electron chi connectivity index (χ4n) is 7.24. The number of carbonyl (C=O) groups is 1. The van der Waals surface area contributed by atoms with Gasteiger partial charge in [-0.1, -0.05) is 37.6 Å². The third-order valence-electron chi connectivity index (χ3n) is 8.91. The predicted octanol–water partition coefficient (Wildman–Crippen LogP) is 5.71. The normalized spacial score (nSPS) is 42.8. The maximum absolute atomic E-state index is 13.6. The number of hydrogen-bond donors (Lipinski definition) is 1. The predicted molar refractivity (Wildman–Crippen MR) is 112 cm³/mol. The molecule has 154 valence electrons. The Labute approximate surface area is 172 Å². The number of aliphatic hydroxyl groups excluding tert-OH is 1. The van der Waals surface area contributed by atoms with E-state index in [2.05, 4.69) is 19.9 Å². The van der Waals surface area contributed by atoms with E-state index in [1.807, 2.05) is 12.1 Å². The summed E-state index contributed by atoms with van der Waals surface area (Å²) in [4.78, 5) is 13.4. The molecule has 0 spiro atoms. The molecule has 0 unspecified atom stereocenters. The first-order valence-electron chi connectivity index (χ1n) is 11.2. The molecule has 5 rings (SSSR count). The van der Waals surface area contributed by atoms with E-state index in [0.29, 0.717) is 17.8 Å². The Morgan fingerprint density at radius 2 is 1.90 bits per heavy atom. The first kappa shape index (κ1) is 19.2. The number of rotatable bonds is 1. The van der Waals surface area contributed by atoms with Gasteiger partial charge in [-0.3, -0.25) is 4.79 Å². The van der Waals surface area contributed by atoms with Crippen LogP contribution in [-0.4, -0.2) is 17.0 Å². The minimum absolute atomic E-state index is 0.182. The van der Waals surface area contributed by atoms with Crippen LogP contribution < -0.4 is 0 Å². The minimum Gasteiger partial charge on any atom is -0.393 e. The summed E-state index contributed by atoms with van der Waals surface area (Å²) in [5.41, 5.74) is 3.02. The van der Waals surface area contributed by atoms with Crippen molar-refractivity contribution in [1.82, 2.24) is 0 Å². The average molecular weight is 395 g/mol. The van der Waals surface area contributed by atoms with E-state index in [1.165, 1.54) is 17.7 Å². The van der Waals surface area contributed by atoms with Gasteiger partial charge in [0.2, 0.25) is 0 Å². The summed E-state index contributed by atoms with van der Waals surface area (Å²) < 4.78 is 13.6. The van der Waals surface area contributed by atoms with Crippen molar-refractivity contribution in [3.05, 3.63) is 52.9 Å². The molecule has 3 fully saturated rings. The topological polar surface area (TPSA) is 37.3 Å². The summed E-state index contributed by atoms with van der Waals surface area (Å²) in [6.45, 7) is 4.58. The van der Waals surface area contributed by atoms with Gasteiger partial charge in [0.15, 0.2) is 5.78 Å². The van der Waals surface area contributed by atoms with Gasteiger partial charge in [0.1, 0.15) is 5.82 Å². The third kappa shape index (κ3) is 2.88. The van der Waals surface area contributed by atoms with Crippen LogP contribution >= 0.6 is 0 Å². The Bertz CT molecular complexity index is 915. The molecule has 1 N–H and O–H groups in total. The number of fused-ring (bicyclic) bond motifs is 5. The second-order valence-corrected chi connectivity index (χ2v) is 10.4. The molecule has 1 aromatic rings. The highest BCUT2D eigenvalue weighted by molar-refractivity contribution is 6.05. The molecule has 2 nitrogen and oxygen atoms in total. The number of carbonyl (C=O) groups excluding carboxylic acids is 1. The molecule has 0 aromatic heterocycles. The first-order chi connectivity index (χ1) is 13.8. The average Bonchev–Trinajstić information content (AvgIpc) is 2.93. The zero-order chi connectivity index (χ0) is 20.4. The van der Waals surface area contributed by atoms with E-state index >= 15 is 0 Å². The quantitative estimate of drug-likeness (QED) is 0.489. The summed E-state index contributed by atoms with van der Waals surface area (Å²) in [6.07, 6.45) is 10.8. The fraction of sp³-hybridized carbons (Fsp3) is 0.577. The molecular formula is C26H31FO2. The van der Waals surface area contributed by atoms with Gasteiger partial charge in [0.05, 0.1) is 6.10 Å². The molecule has 0 heterocycles. The molecule has 4 aliphatic rings. The van der Waals surface area contributed by atoms with Gasteiger partial charge >= 0.3 is 0 Å². The van der Waals surface area contributed by atoms with Gasteiger partial charge in [-0.2, -0.15) is 0 Å². The van der Waals surface area contributed by atoms with Crippen molar-refractivity contribution >= 4 is 11.9 Å². The van der Waals surface area contributed by atoms with E-state index < -0.39 is 0 Å². The molecule has 0 aliphatic heterocycles. The van der Waals surface area contributed by atoms with Gasteiger partial charge in [0, 0.05) is 5.41 Å². The lowest BCUT2D eigenvalue weighted by molar-refractivity contribution is -0.130. The number of halogens is 1. The highest BCUT2D eigenvalue weighted by atomic mass is 19.1. The first-order valence-corrected chi connectivity index (χ1v) is 11.2. The Kier molecular flexibility index (Phi) is 4.40. The number of allylic oxidation sites excluding steroid dienone is 2. The molecule has 3 heteroatoms. The van der Waals surface area contributed by atoms with E-state index in [1.54, 1.807) is 6.07 Å². The molecule has 0 radical (unpaired) electrons. The number of aliphatic hydroxyl groups is 1. The maximum Gasteiger partial charge on any atom is 0.165 e. The molecular weight excluding hydrogens is 363 g/mol. The van der Waals surface area contributed by atoms with Crippen LogP contribution in [0.15, 0.2) is 41.5 Å². The van der Waals surface area contributed by atoms with Gasteiger partial charge < -0.3 is 5.11 Å². The summed E-state index contributed by atoms with van der Waals surface area (Å²) in [5.74, 6) is 1.53. The molecule has 0 amide bonds. The van der Waals surface area contributed by atoms with E-state index in [4.69, 9.17) is 0 Å². The lowest BCUT2D eigenvalue weighted by Gasteiger charge is -2.56. The van der Waals surface area contributed by atoms with Crippen molar-refractivity contribution in [3.8, 4) is 0 Å². The standard InChI is InChI=1S/C26H31FO2/c1-25-10-8-20(28)15-18(25)6-7-21-22(25)9-11-26(2)23(21)14-17(24(26)29)12-16-4-3-5-19(27)13-16/h3-6,12-13,20-23,28H,7-11,14-15H2,1-2H3/t20-,21+,22-,23+,25+,26+/m0/s1. The SMILES string of the molecule is C[C@@]12CC[C@H]3[C@@H](CC=C4C[C@@H](O)CC[C@]43C)[C@H]1CC(=Cc1cccc(F)c1)C2=O. The summed E-state index contributed by atoms with van der Waals surface area (Å²) in [5, 5.41) is 10.2. The second-order valence-electron chi connectivity index (χ2n) is 10.4. The van der Waals surface area contributed by atoms with Crippen molar-refractivity contribution in [2.45, 2.75) is 64.9 Å². The van der Waals surface area contributed by atoms with Crippen LogP contribution in [0.5, 0.6) is 0 Å². The van der Waals surface area contributed by atoms with Crippen LogP contribution in [0.1, 0.15) is 64.4 Å². The summed E-state index contributed by atoms with van der Waals surface area (Å²) in [7, 11) is 0. The van der Waals surface area contributed by atoms with E-state index in [0.717, 1.165) is 56.1 Å². The molecule has 0 saturated heterocycles.